The maximum atomic E-state index is 13.3. The second-order valence-electron chi connectivity index (χ2n) is 8.51. The van der Waals surface area contributed by atoms with Crippen molar-refractivity contribution in [1.82, 2.24) is 10.2 Å². The van der Waals surface area contributed by atoms with E-state index in [2.05, 4.69) is 5.32 Å². The number of hydrogen-bond acceptors (Lipinski definition) is 7. The highest BCUT2D eigenvalue weighted by atomic mass is 32.2. The molecule has 2 aromatic carbocycles. The summed E-state index contributed by atoms with van der Waals surface area (Å²) in [5.41, 5.74) is 1.73. The van der Waals surface area contributed by atoms with Crippen LogP contribution in [-0.2, 0) is 21.2 Å². The molecular weight excluding hydrogens is 444 g/mol. The Labute approximate surface area is 191 Å². The zero-order chi connectivity index (χ0) is 23.8. The number of likely N-dealkylation sites (N-methyl/N-ethyl adjacent to an activating group) is 1. The van der Waals surface area contributed by atoms with Crippen LogP contribution in [0.3, 0.4) is 0 Å². The highest BCUT2D eigenvalue weighted by Crippen LogP contribution is 2.30. The maximum absolute atomic E-state index is 13.3. The van der Waals surface area contributed by atoms with E-state index in [-0.39, 0.29) is 53.3 Å². The summed E-state index contributed by atoms with van der Waals surface area (Å²) in [6.45, 7) is 1.87. The third-order valence-electron chi connectivity index (χ3n) is 5.82. The van der Waals surface area contributed by atoms with Gasteiger partial charge in [0.05, 0.1) is 34.6 Å². The predicted octanol–water partition coefficient (Wildman–Crippen LogP) is 2.21. The van der Waals surface area contributed by atoms with Gasteiger partial charge >= 0.3 is 0 Å². The molecule has 0 radical (unpaired) electrons. The van der Waals surface area contributed by atoms with E-state index >= 15 is 0 Å². The number of carbonyl (C=O) groups is 1. The molecule has 1 unspecified atom stereocenters. The predicted molar refractivity (Wildman–Crippen MR) is 126 cm³/mol. The van der Waals surface area contributed by atoms with Crippen molar-refractivity contribution in [3.63, 3.8) is 0 Å². The number of carbonyl (C=O) groups excluding carboxylic acids is 1. The SMILES string of the molecule is Cc1oc2c(CN(C)CC(=O)NC3CCS(=O)(=O)C3)c(O)ccc2c(=O)c1-c1ccccc1. The number of aromatic hydroxyl groups is 1. The number of aryl methyl sites for hydroxylation is 1. The molecule has 1 saturated heterocycles. The number of benzene rings is 2. The number of sulfone groups is 1. The Morgan fingerprint density at radius 3 is 2.61 bits per heavy atom. The first-order valence-corrected chi connectivity index (χ1v) is 12.5. The standard InChI is InChI=1S/C24H26N2O6S/c1-15-22(16-6-4-3-5-7-16)23(29)18-8-9-20(27)19(24(18)32-15)12-26(2)13-21(28)25-17-10-11-33(30,31)14-17/h3-9,17,27H,10-14H2,1-2H3,(H,25,28). The third kappa shape index (κ3) is 4.94. The first kappa shape index (κ1) is 23.0. The Hall–Kier alpha value is -3.17. The number of phenols is 1. The number of nitrogens with one attached hydrogen (secondary N) is 1. The molecule has 1 aliphatic rings. The zero-order valence-electron chi connectivity index (χ0n) is 18.5. The molecule has 0 saturated carbocycles. The van der Waals surface area contributed by atoms with Crippen molar-refractivity contribution in [1.29, 1.82) is 0 Å². The van der Waals surface area contributed by atoms with Crippen LogP contribution in [0.1, 0.15) is 17.7 Å². The van der Waals surface area contributed by atoms with Gasteiger partial charge in [-0.15, -0.1) is 0 Å². The molecule has 4 rings (SSSR count). The van der Waals surface area contributed by atoms with Crippen molar-refractivity contribution in [3.8, 4) is 16.9 Å². The van der Waals surface area contributed by atoms with Crippen LogP contribution in [0.5, 0.6) is 5.75 Å². The van der Waals surface area contributed by atoms with Gasteiger partial charge in [0.25, 0.3) is 0 Å². The largest absolute Gasteiger partial charge is 0.507 e. The molecule has 1 aromatic heterocycles. The monoisotopic (exact) mass is 470 g/mol. The third-order valence-corrected chi connectivity index (χ3v) is 7.58. The average molecular weight is 471 g/mol. The second kappa shape index (κ2) is 8.99. The fourth-order valence-electron chi connectivity index (χ4n) is 4.26. The number of hydrogen-bond donors (Lipinski definition) is 2. The molecule has 9 heteroatoms. The molecule has 174 valence electrons. The van der Waals surface area contributed by atoms with Crippen molar-refractivity contribution < 1.29 is 22.7 Å². The van der Waals surface area contributed by atoms with Gasteiger partial charge in [-0.2, -0.15) is 0 Å². The van der Waals surface area contributed by atoms with E-state index in [9.17, 15) is 23.1 Å². The van der Waals surface area contributed by atoms with Crippen molar-refractivity contribution in [2.45, 2.75) is 25.9 Å². The van der Waals surface area contributed by atoms with Crippen LogP contribution in [0, 0.1) is 6.92 Å². The lowest BCUT2D eigenvalue weighted by atomic mass is 10.0. The Kier molecular flexibility index (Phi) is 6.27. The lowest BCUT2D eigenvalue weighted by molar-refractivity contribution is -0.122. The highest BCUT2D eigenvalue weighted by Gasteiger charge is 2.29. The molecule has 0 spiro atoms. The first-order valence-electron chi connectivity index (χ1n) is 10.7. The van der Waals surface area contributed by atoms with Crippen molar-refractivity contribution in [2.24, 2.45) is 0 Å². The van der Waals surface area contributed by atoms with Gasteiger partial charge in [0, 0.05) is 12.6 Å². The summed E-state index contributed by atoms with van der Waals surface area (Å²) < 4.78 is 29.2. The summed E-state index contributed by atoms with van der Waals surface area (Å²) in [7, 11) is -1.38. The molecule has 2 heterocycles. The van der Waals surface area contributed by atoms with Gasteiger partial charge in [0.1, 0.15) is 17.1 Å². The van der Waals surface area contributed by atoms with Gasteiger partial charge in [-0.1, -0.05) is 30.3 Å². The average Bonchev–Trinajstić information content (AvgIpc) is 3.09. The van der Waals surface area contributed by atoms with E-state index < -0.39 is 9.84 Å². The maximum Gasteiger partial charge on any atom is 0.234 e. The Balaban J connectivity index is 1.58. The van der Waals surface area contributed by atoms with Gasteiger partial charge in [0.15, 0.2) is 9.84 Å². The number of phenolic OH excluding ortho intramolecular Hbond substituents is 1. The molecular formula is C24H26N2O6S. The molecule has 1 atom stereocenters. The molecule has 0 bridgehead atoms. The van der Waals surface area contributed by atoms with Crippen LogP contribution < -0.4 is 10.7 Å². The van der Waals surface area contributed by atoms with E-state index in [4.69, 9.17) is 4.42 Å². The minimum Gasteiger partial charge on any atom is -0.507 e. The number of amides is 1. The quantitative estimate of drug-likeness (QED) is 0.567. The molecule has 2 N–H and O–H groups in total. The van der Waals surface area contributed by atoms with Gasteiger partial charge in [0.2, 0.25) is 11.3 Å². The second-order valence-corrected chi connectivity index (χ2v) is 10.7. The van der Waals surface area contributed by atoms with Crippen LogP contribution in [-0.4, -0.2) is 55.5 Å². The number of nitrogens with zero attached hydrogens (tertiary/aromatic N) is 1. The van der Waals surface area contributed by atoms with Crippen LogP contribution in [0.2, 0.25) is 0 Å². The summed E-state index contributed by atoms with van der Waals surface area (Å²) in [6.07, 6.45) is 0.413. The first-order chi connectivity index (χ1) is 15.6. The summed E-state index contributed by atoms with van der Waals surface area (Å²) in [4.78, 5) is 27.3. The van der Waals surface area contributed by atoms with Gasteiger partial charge in [-0.05, 0) is 38.1 Å². The summed E-state index contributed by atoms with van der Waals surface area (Å²) >= 11 is 0. The summed E-state index contributed by atoms with van der Waals surface area (Å²) in [5.74, 6) is 0.144. The minimum atomic E-state index is -3.08. The van der Waals surface area contributed by atoms with E-state index in [1.165, 1.54) is 6.07 Å². The molecule has 1 amide bonds. The van der Waals surface area contributed by atoms with E-state index in [0.29, 0.717) is 28.7 Å². The Bertz CT molecular complexity index is 1370. The van der Waals surface area contributed by atoms with Gasteiger partial charge in [-0.3, -0.25) is 14.5 Å². The van der Waals surface area contributed by atoms with Crippen LogP contribution in [0.25, 0.3) is 22.1 Å². The van der Waals surface area contributed by atoms with Gasteiger partial charge < -0.3 is 14.8 Å². The minimum absolute atomic E-state index is 0.00229. The topological polar surface area (TPSA) is 117 Å². The van der Waals surface area contributed by atoms with Crippen LogP contribution in [0.4, 0.5) is 0 Å². The molecule has 1 fully saturated rings. The molecule has 8 nitrogen and oxygen atoms in total. The van der Waals surface area contributed by atoms with E-state index in [1.807, 2.05) is 30.3 Å². The number of rotatable bonds is 6. The molecule has 0 aliphatic carbocycles. The fourth-order valence-corrected chi connectivity index (χ4v) is 5.93. The smallest absolute Gasteiger partial charge is 0.234 e. The van der Waals surface area contributed by atoms with E-state index in [1.54, 1.807) is 24.9 Å². The summed E-state index contributed by atoms with van der Waals surface area (Å²) in [6, 6.07) is 11.9. The fraction of sp³-hybridized carbons (Fsp3) is 0.333. The normalized spacial score (nSPS) is 17.5. The highest BCUT2D eigenvalue weighted by molar-refractivity contribution is 7.91. The molecule has 1 aliphatic heterocycles. The van der Waals surface area contributed by atoms with Gasteiger partial charge in [-0.25, -0.2) is 8.42 Å². The van der Waals surface area contributed by atoms with Crippen molar-refractivity contribution in [3.05, 3.63) is 64.0 Å². The van der Waals surface area contributed by atoms with Crippen molar-refractivity contribution >= 4 is 26.7 Å². The lowest BCUT2D eigenvalue weighted by Gasteiger charge is -2.19. The van der Waals surface area contributed by atoms with Crippen LogP contribution in [0.15, 0.2) is 51.7 Å². The Morgan fingerprint density at radius 2 is 1.94 bits per heavy atom. The van der Waals surface area contributed by atoms with Crippen molar-refractivity contribution in [2.75, 3.05) is 25.1 Å². The summed E-state index contributed by atoms with van der Waals surface area (Å²) in [5, 5.41) is 13.6. The number of fused-ring (bicyclic) bond motifs is 1. The zero-order valence-corrected chi connectivity index (χ0v) is 19.3. The molecule has 33 heavy (non-hydrogen) atoms. The lowest BCUT2D eigenvalue weighted by Crippen LogP contribution is -2.41. The Morgan fingerprint density at radius 1 is 1.21 bits per heavy atom. The van der Waals surface area contributed by atoms with E-state index in [0.717, 1.165) is 5.56 Å². The van der Waals surface area contributed by atoms with Crippen LogP contribution >= 0.6 is 0 Å². The molecule has 3 aromatic rings.